The van der Waals surface area contributed by atoms with E-state index < -0.39 is 24.7 Å². The molecule has 0 radical (unpaired) electrons. The molecule has 0 fully saturated rings. The van der Waals surface area contributed by atoms with Crippen LogP contribution in [-0.4, -0.2) is 49.6 Å². The van der Waals surface area contributed by atoms with Gasteiger partial charge in [-0.05, 0) is 69.8 Å². The number of carbonyl (C=O) groups excluding carboxylic acids is 4. The van der Waals surface area contributed by atoms with E-state index in [1.54, 1.807) is 0 Å². The first-order valence-electron chi connectivity index (χ1n) is 23.4. The molecule has 0 heterocycles. The molecular weight excluding hydrogens is 727 g/mol. The van der Waals surface area contributed by atoms with Gasteiger partial charge < -0.3 is 25.4 Å². The molecule has 0 aliphatic heterocycles. The summed E-state index contributed by atoms with van der Waals surface area (Å²) < 4.78 is 10.7. The summed E-state index contributed by atoms with van der Waals surface area (Å²) in [6.45, 7) is 4.33. The van der Waals surface area contributed by atoms with Gasteiger partial charge in [0, 0.05) is 12.8 Å². The number of alkyl carbamates (subject to hydrolysis) is 1. The quantitative estimate of drug-likeness (QED) is 0.0346. The second-order valence-corrected chi connectivity index (χ2v) is 15.8. The monoisotopic (exact) mass is 810 g/mol. The molecule has 1 aromatic carbocycles. The summed E-state index contributed by atoms with van der Waals surface area (Å²) in [5.74, 6) is -0.901. The number of carbonyl (C=O) groups is 4. The van der Waals surface area contributed by atoms with Gasteiger partial charge in [-0.15, -0.1) is 0 Å². The molecule has 0 unspecified atom stereocenters. The third-order valence-corrected chi connectivity index (χ3v) is 10.3. The van der Waals surface area contributed by atoms with Gasteiger partial charge in [-0.25, -0.2) is 4.79 Å². The molecule has 1 rings (SSSR count). The third kappa shape index (κ3) is 35.5. The van der Waals surface area contributed by atoms with Crippen LogP contribution in [0.1, 0.15) is 199 Å². The van der Waals surface area contributed by atoms with Crippen LogP contribution < -0.4 is 16.0 Å². The van der Waals surface area contributed by atoms with E-state index in [-0.39, 0.29) is 31.5 Å². The fourth-order valence-corrected chi connectivity index (χ4v) is 6.65. The molecule has 0 atom stereocenters. The average molecular weight is 810 g/mol. The molecule has 3 amide bonds. The summed E-state index contributed by atoms with van der Waals surface area (Å²) in [4.78, 5) is 50.1. The smallest absolute Gasteiger partial charge is 0.407 e. The molecule has 0 aliphatic rings. The van der Waals surface area contributed by atoms with Crippen molar-refractivity contribution in [2.75, 3.05) is 19.6 Å². The molecule has 0 saturated carbocycles. The molecule has 0 aliphatic carbocycles. The van der Waals surface area contributed by atoms with Gasteiger partial charge >= 0.3 is 12.1 Å². The van der Waals surface area contributed by atoms with Gasteiger partial charge in [0.05, 0.1) is 13.1 Å². The van der Waals surface area contributed by atoms with Crippen molar-refractivity contribution in [3.8, 4) is 0 Å². The first kappa shape index (κ1) is 52.4. The molecule has 0 bridgehead atoms. The summed E-state index contributed by atoms with van der Waals surface area (Å²) >= 11 is 0. The Kier molecular flexibility index (Phi) is 36.3. The molecule has 3 N–H and O–H groups in total. The van der Waals surface area contributed by atoms with Gasteiger partial charge in [0.25, 0.3) is 0 Å². The van der Waals surface area contributed by atoms with Crippen molar-refractivity contribution < 1.29 is 28.7 Å². The van der Waals surface area contributed by atoms with Crippen LogP contribution in [0, 0.1) is 0 Å². The van der Waals surface area contributed by atoms with Crippen LogP contribution in [-0.2, 0) is 30.5 Å². The lowest BCUT2D eigenvalue weighted by molar-refractivity contribution is -0.148. The van der Waals surface area contributed by atoms with Crippen molar-refractivity contribution >= 4 is 23.9 Å². The Morgan fingerprint density at radius 3 is 1.34 bits per heavy atom. The Bertz CT molecular complexity index is 1150. The molecule has 1 aromatic rings. The fraction of sp³-hybridized carbons (Fsp3) is 0.714. The van der Waals surface area contributed by atoms with E-state index in [1.807, 2.05) is 30.3 Å². The molecule has 330 valence electrons. The molecular formula is C49H83N3O6. The highest BCUT2D eigenvalue weighted by atomic mass is 16.6. The third-order valence-electron chi connectivity index (χ3n) is 10.3. The van der Waals surface area contributed by atoms with E-state index in [2.05, 4.69) is 54.1 Å². The van der Waals surface area contributed by atoms with Crippen LogP contribution in [0.2, 0.25) is 0 Å². The number of esters is 1. The standard InChI is InChI=1S/C49H83N3O6/c1-3-5-7-9-11-13-15-17-19-21-23-25-27-29-34-38-46(53)50-40-45(58-48(55)42-52-49(56)57-43-44-36-32-31-33-37-44)41-51-47(54)39-35-30-28-26-24-22-20-18-16-14-12-10-8-6-4-2/h17-20,31-33,36-37,45H,3-16,21-30,34-35,38-43H2,1-2H3,(H,50,53)(H,51,54)(H,52,56)/b19-17-,20-18-. The number of hydrogen-bond acceptors (Lipinski definition) is 6. The number of nitrogens with one attached hydrogen (secondary N) is 3. The Morgan fingerprint density at radius 2 is 0.914 bits per heavy atom. The van der Waals surface area contributed by atoms with Crippen LogP contribution >= 0.6 is 0 Å². The number of amides is 3. The van der Waals surface area contributed by atoms with Gasteiger partial charge in [-0.3, -0.25) is 14.4 Å². The lowest BCUT2D eigenvalue weighted by atomic mass is 10.1. The minimum Gasteiger partial charge on any atom is -0.457 e. The van der Waals surface area contributed by atoms with Crippen molar-refractivity contribution in [2.45, 2.75) is 206 Å². The highest BCUT2D eigenvalue weighted by Crippen LogP contribution is 2.12. The predicted octanol–water partition coefficient (Wildman–Crippen LogP) is 12.1. The van der Waals surface area contributed by atoms with Gasteiger partial charge in [0.2, 0.25) is 11.8 Å². The SMILES string of the molecule is CCCCCCCC/C=C\CCCCCCCC(=O)NCC(CNC(=O)CCCCCCC/C=C\CCCCCCCC)OC(=O)CNC(=O)OCc1ccccc1. The number of rotatable bonds is 39. The summed E-state index contributed by atoms with van der Waals surface area (Å²) in [5, 5.41) is 8.16. The zero-order valence-electron chi connectivity index (χ0n) is 36.9. The van der Waals surface area contributed by atoms with Crippen LogP contribution in [0.5, 0.6) is 0 Å². The first-order valence-corrected chi connectivity index (χ1v) is 23.4. The van der Waals surface area contributed by atoms with Gasteiger partial charge in [-0.1, -0.05) is 171 Å². The number of benzene rings is 1. The van der Waals surface area contributed by atoms with Crippen LogP contribution in [0.4, 0.5) is 4.79 Å². The highest BCUT2D eigenvalue weighted by molar-refractivity contribution is 5.79. The minimum absolute atomic E-state index is 0.0712. The molecule has 58 heavy (non-hydrogen) atoms. The van der Waals surface area contributed by atoms with Crippen molar-refractivity contribution in [1.29, 1.82) is 0 Å². The van der Waals surface area contributed by atoms with Crippen LogP contribution in [0.15, 0.2) is 54.6 Å². The molecule has 0 saturated heterocycles. The van der Waals surface area contributed by atoms with E-state index in [1.165, 1.54) is 103 Å². The van der Waals surface area contributed by atoms with E-state index in [0.29, 0.717) is 12.8 Å². The number of ether oxygens (including phenoxy) is 2. The van der Waals surface area contributed by atoms with Crippen molar-refractivity contribution in [1.82, 2.24) is 16.0 Å². The largest absolute Gasteiger partial charge is 0.457 e. The first-order chi connectivity index (χ1) is 28.4. The van der Waals surface area contributed by atoms with E-state index in [0.717, 1.165) is 69.8 Å². The van der Waals surface area contributed by atoms with Crippen molar-refractivity contribution in [2.24, 2.45) is 0 Å². The van der Waals surface area contributed by atoms with Crippen molar-refractivity contribution in [3.05, 3.63) is 60.2 Å². The van der Waals surface area contributed by atoms with Crippen LogP contribution in [0.3, 0.4) is 0 Å². The maximum Gasteiger partial charge on any atom is 0.407 e. The number of unbranched alkanes of at least 4 members (excludes halogenated alkanes) is 22. The summed E-state index contributed by atoms with van der Waals surface area (Å²) in [6.07, 6.45) is 39.7. The maximum absolute atomic E-state index is 12.7. The summed E-state index contributed by atoms with van der Waals surface area (Å²) in [7, 11) is 0. The molecule has 9 nitrogen and oxygen atoms in total. The summed E-state index contributed by atoms with van der Waals surface area (Å²) in [5.41, 5.74) is 0.829. The summed E-state index contributed by atoms with van der Waals surface area (Å²) in [6, 6.07) is 9.25. The van der Waals surface area contributed by atoms with E-state index >= 15 is 0 Å². The van der Waals surface area contributed by atoms with Gasteiger partial charge in [0.1, 0.15) is 19.3 Å². The second-order valence-electron chi connectivity index (χ2n) is 15.8. The van der Waals surface area contributed by atoms with E-state index in [9.17, 15) is 19.2 Å². The Hall–Kier alpha value is -3.62. The topological polar surface area (TPSA) is 123 Å². The molecule has 0 spiro atoms. The van der Waals surface area contributed by atoms with Gasteiger partial charge in [-0.2, -0.15) is 0 Å². The predicted molar refractivity (Wildman–Crippen MR) is 239 cm³/mol. The minimum atomic E-state index is -0.772. The van der Waals surface area contributed by atoms with Gasteiger partial charge in [0.15, 0.2) is 0 Å². The Balaban J connectivity index is 2.32. The number of allylic oxidation sites excluding steroid dienone is 4. The lowest BCUT2D eigenvalue weighted by Crippen LogP contribution is -2.44. The second kappa shape index (κ2) is 40.2. The maximum atomic E-state index is 12.7. The fourth-order valence-electron chi connectivity index (χ4n) is 6.65. The van der Waals surface area contributed by atoms with E-state index in [4.69, 9.17) is 9.47 Å². The van der Waals surface area contributed by atoms with Crippen molar-refractivity contribution in [3.63, 3.8) is 0 Å². The molecule has 9 heteroatoms. The number of hydrogen-bond donors (Lipinski definition) is 3. The Morgan fingerprint density at radius 1 is 0.517 bits per heavy atom. The lowest BCUT2D eigenvalue weighted by Gasteiger charge is -2.19. The highest BCUT2D eigenvalue weighted by Gasteiger charge is 2.18. The molecule has 0 aromatic heterocycles. The zero-order chi connectivity index (χ0) is 42.0. The van der Waals surface area contributed by atoms with Crippen LogP contribution in [0.25, 0.3) is 0 Å². The average Bonchev–Trinajstić information content (AvgIpc) is 3.23. The normalized spacial score (nSPS) is 11.4. The zero-order valence-corrected chi connectivity index (χ0v) is 36.9. The Labute approximate surface area is 353 Å².